The van der Waals surface area contributed by atoms with Gasteiger partial charge < -0.3 is 4.74 Å². The zero-order valence-corrected chi connectivity index (χ0v) is 25.3. The van der Waals surface area contributed by atoms with Gasteiger partial charge >= 0.3 is 12.1 Å². The second kappa shape index (κ2) is 14.1. The number of esters is 1. The van der Waals surface area contributed by atoms with Crippen LogP contribution in [0.4, 0.5) is 24.3 Å². The summed E-state index contributed by atoms with van der Waals surface area (Å²) in [7, 11) is 0. The van der Waals surface area contributed by atoms with Crippen LogP contribution in [0.2, 0.25) is 0 Å². The number of oxime groups is 1. The monoisotopic (exact) mass is 671 g/mol. The van der Waals surface area contributed by atoms with E-state index in [1.54, 1.807) is 38.1 Å². The standard InChI is InChI=1S/C30H24BrF2N3O6S/c1-3-41-29(37)26-22(16-31)27(20-12-14-21(15-13-20)36(39)40)43-28(26)35(17-23-24(32)10-7-11-25(23)33)30(38)42-34-18(2)19-8-5-4-6-9-19/h4-15H,3,16-17H2,1-2H3/b34-18-. The Kier molecular flexibility index (Phi) is 10.3. The molecule has 1 amide bonds. The molecule has 1 heterocycles. The highest BCUT2D eigenvalue weighted by molar-refractivity contribution is 9.08. The third-order valence-corrected chi connectivity index (χ3v) is 8.10. The Morgan fingerprint density at radius 2 is 1.65 bits per heavy atom. The van der Waals surface area contributed by atoms with Crippen molar-refractivity contribution >= 4 is 55.7 Å². The molecule has 0 fully saturated rings. The largest absolute Gasteiger partial charge is 0.462 e. The van der Waals surface area contributed by atoms with E-state index in [0.717, 1.165) is 28.4 Å². The fourth-order valence-electron chi connectivity index (χ4n) is 4.10. The molecule has 43 heavy (non-hydrogen) atoms. The summed E-state index contributed by atoms with van der Waals surface area (Å²) in [5.74, 6) is -2.60. The van der Waals surface area contributed by atoms with Crippen LogP contribution in [0.25, 0.3) is 10.4 Å². The molecule has 0 spiro atoms. The molecule has 1 aromatic heterocycles. The summed E-state index contributed by atoms with van der Waals surface area (Å²) in [4.78, 5) is 44.2. The molecule has 0 saturated carbocycles. The van der Waals surface area contributed by atoms with E-state index in [0.29, 0.717) is 27.3 Å². The van der Waals surface area contributed by atoms with Gasteiger partial charge in [-0.2, -0.15) is 0 Å². The summed E-state index contributed by atoms with van der Waals surface area (Å²) in [6.07, 6.45) is -1.11. The number of benzene rings is 3. The van der Waals surface area contributed by atoms with Gasteiger partial charge in [0.1, 0.15) is 16.6 Å². The van der Waals surface area contributed by atoms with Crippen LogP contribution in [0, 0.1) is 21.7 Å². The minimum atomic E-state index is -1.11. The van der Waals surface area contributed by atoms with Crippen LogP contribution < -0.4 is 4.90 Å². The second-order valence-electron chi connectivity index (χ2n) is 8.93. The highest BCUT2D eigenvalue weighted by Gasteiger charge is 2.33. The van der Waals surface area contributed by atoms with E-state index in [1.807, 2.05) is 6.07 Å². The van der Waals surface area contributed by atoms with Crippen molar-refractivity contribution in [3.63, 3.8) is 0 Å². The van der Waals surface area contributed by atoms with Gasteiger partial charge in [-0.3, -0.25) is 19.9 Å². The summed E-state index contributed by atoms with van der Waals surface area (Å²) in [6.45, 7) is 2.59. The minimum absolute atomic E-state index is 0.00959. The van der Waals surface area contributed by atoms with Crippen LogP contribution >= 0.6 is 27.3 Å². The minimum Gasteiger partial charge on any atom is -0.462 e. The predicted molar refractivity (Wildman–Crippen MR) is 163 cm³/mol. The van der Waals surface area contributed by atoms with Crippen LogP contribution in [0.15, 0.2) is 78.0 Å². The number of nitro benzene ring substituents is 1. The number of carbonyl (C=O) groups is 2. The lowest BCUT2D eigenvalue weighted by molar-refractivity contribution is -0.384. The Balaban J connectivity index is 1.88. The Bertz CT molecular complexity index is 1660. The van der Waals surface area contributed by atoms with Gasteiger partial charge in [0, 0.05) is 27.9 Å². The normalized spacial score (nSPS) is 11.2. The second-order valence-corrected chi connectivity index (χ2v) is 10.5. The number of hydrogen-bond donors (Lipinski definition) is 0. The molecule has 13 heteroatoms. The van der Waals surface area contributed by atoms with Crippen molar-refractivity contribution < 1.29 is 32.9 Å². The molecule has 222 valence electrons. The molecule has 9 nitrogen and oxygen atoms in total. The Hall–Kier alpha value is -4.49. The first-order chi connectivity index (χ1) is 20.7. The van der Waals surface area contributed by atoms with E-state index >= 15 is 0 Å². The van der Waals surface area contributed by atoms with Gasteiger partial charge in [0.25, 0.3) is 5.69 Å². The van der Waals surface area contributed by atoms with Crippen molar-refractivity contribution in [2.75, 3.05) is 11.5 Å². The van der Waals surface area contributed by atoms with Crippen LogP contribution in [-0.2, 0) is 21.4 Å². The van der Waals surface area contributed by atoms with Crippen LogP contribution in [0.3, 0.4) is 0 Å². The highest BCUT2D eigenvalue weighted by atomic mass is 79.9. The highest BCUT2D eigenvalue weighted by Crippen LogP contribution is 2.45. The molecule has 0 aliphatic carbocycles. The first kappa shape index (κ1) is 31.4. The third-order valence-electron chi connectivity index (χ3n) is 6.24. The van der Waals surface area contributed by atoms with Crippen molar-refractivity contribution in [2.45, 2.75) is 25.7 Å². The molecule has 4 rings (SSSR count). The molecule has 3 aromatic carbocycles. The van der Waals surface area contributed by atoms with Crippen LogP contribution in [0.5, 0.6) is 0 Å². The molecule has 0 saturated heterocycles. The number of anilines is 1. The Morgan fingerprint density at radius 3 is 2.23 bits per heavy atom. The van der Waals surface area contributed by atoms with Crippen LogP contribution in [0.1, 0.15) is 40.9 Å². The third kappa shape index (κ3) is 7.12. The lowest BCUT2D eigenvalue weighted by Gasteiger charge is -2.21. The average molecular weight is 673 g/mol. The molecule has 0 aliphatic rings. The number of nitrogens with zero attached hydrogens (tertiary/aromatic N) is 3. The molecule has 0 radical (unpaired) electrons. The van der Waals surface area contributed by atoms with Crippen molar-refractivity contribution in [1.29, 1.82) is 0 Å². The molecule has 0 N–H and O–H groups in total. The zero-order chi connectivity index (χ0) is 31.1. The molecule has 0 bridgehead atoms. The number of hydrogen-bond acceptors (Lipinski definition) is 8. The fourth-order valence-corrected chi connectivity index (χ4v) is 6.15. The maximum absolute atomic E-state index is 14.8. The van der Waals surface area contributed by atoms with Gasteiger partial charge in [0.15, 0.2) is 0 Å². The van der Waals surface area contributed by atoms with Crippen molar-refractivity contribution in [2.24, 2.45) is 5.16 Å². The van der Waals surface area contributed by atoms with Gasteiger partial charge in [-0.1, -0.05) is 57.5 Å². The maximum Gasteiger partial charge on any atom is 0.441 e. The summed E-state index contributed by atoms with van der Waals surface area (Å²) < 4.78 is 35.0. The number of thiophene rings is 1. The molecule has 4 aromatic rings. The number of carbonyl (C=O) groups excluding carboxylic acids is 2. The lowest BCUT2D eigenvalue weighted by Crippen LogP contribution is -2.32. The predicted octanol–water partition coefficient (Wildman–Crippen LogP) is 8.24. The number of non-ortho nitro benzene ring substituents is 1. The first-order valence-corrected chi connectivity index (χ1v) is 14.7. The number of alkyl halides is 1. The van der Waals surface area contributed by atoms with Crippen molar-refractivity contribution in [3.05, 3.63) is 117 Å². The zero-order valence-electron chi connectivity index (χ0n) is 22.9. The van der Waals surface area contributed by atoms with E-state index in [9.17, 15) is 28.5 Å². The van der Waals surface area contributed by atoms with Crippen molar-refractivity contribution in [1.82, 2.24) is 0 Å². The van der Waals surface area contributed by atoms with Gasteiger partial charge in [-0.05, 0) is 54.8 Å². The van der Waals surface area contributed by atoms with Crippen molar-refractivity contribution in [3.8, 4) is 10.4 Å². The summed E-state index contributed by atoms with van der Waals surface area (Å²) in [6, 6.07) is 17.8. The van der Waals surface area contributed by atoms with E-state index in [2.05, 4.69) is 21.1 Å². The molecular weight excluding hydrogens is 648 g/mol. The molecule has 0 atom stereocenters. The van der Waals surface area contributed by atoms with Gasteiger partial charge in [-0.25, -0.2) is 18.4 Å². The van der Waals surface area contributed by atoms with Crippen LogP contribution in [-0.4, -0.2) is 29.3 Å². The number of rotatable bonds is 10. The quantitative estimate of drug-likeness (QED) is 0.0419. The molecule has 0 unspecified atom stereocenters. The molecule has 0 aliphatic heterocycles. The smallest absolute Gasteiger partial charge is 0.441 e. The van der Waals surface area contributed by atoms with E-state index in [4.69, 9.17) is 9.57 Å². The van der Waals surface area contributed by atoms with Gasteiger partial charge in [-0.15, -0.1) is 11.3 Å². The van der Waals surface area contributed by atoms with E-state index in [-0.39, 0.29) is 28.2 Å². The number of nitro groups is 1. The number of ether oxygens (including phenoxy) is 1. The summed E-state index contributed by atoms with van der Waals surface area (Å²) in [5.41, 5.74) is 1.33. The number of halogens is 3. The Morgan fingerprint density at radius 1 is 1.00 bits per heavy atom. The maximum atomic E-state index is 14.8. The average Bonchev–Trinajstić information content (AvgIpc) is 3.39. The topological polar surface area (TPSA) is 111 Å². The van der Waals surface area contributed by atoms with E-state index in [1.165, 1.54) is 30.3 Å². The van der Waals surface area contributed by atoms with E-state index < -0.39 is 40.7 Å². The summed E-state index contributed by atoms with van der Waals surface area (Å²) >= 11 is 4.35. The molecular formula is C30H24BrF2N3O6S. The SMILES string of the molecule is CCOC(=O)c1c(N(Cc2c(F)cccc2F)C(=O)O/N=C(/C)c2ccccc2)sc(-c2ccc([N+](=O)[O-])cc2)c1CBr. The first-order valence-electron chi connectivity index (χ1n) is 12.8. The van der Waals surface area contributed by atoms with Gasteiger partial charge in [0.05, 0.1) is 29.4 Å². The lowest BCUT2D eigenvalue weighted by atomic mass is 10.1. The fraction of sp³-hybridized carbons (Fsp3) is 0.167. The Labute approximate surface area is 257 Å². The summed E-state index contributed by atoms with van der Waals surface area (Å²) in [5, 5.41) is 15.2. The number of amides is 1. The van der Waals surface area contributed by atoms with Gasteiger partial charge in [0.2, 0.25) is 0 Å².